The van der Waals surface area contributed by atoms with E-state index in [-0.39, 0.29) is 30.3 Å². The molecule has 0 unspecified atom stereocenters. The van der Waals surface area contributed by atoms with Crippen molar-refractivity contribution in [2.75, 3.05) is 42.7 Å². The third-order valence-corrected chi connectivity index (χ3v) is 7.67. The third kappa shape index (κ3) is 15.3. The first-order chi connectivity index (χ1) is 26.0. The van der Waals surface area contributed by atoms with E-state index in [9.17, 15) is 14.4 Å². The van der Waals surface area contributed by atoms with Crippen molar-refractivity contribution in [3.8, 4) is 34.5 Å². The first-order valence-electron chi connectivity index (χ1n) is 16.6. The topological polar surface area (TPSA) is 127 Å². The van der Waals surface area contributed by atoms with Crippen molar-refractivity contribution in [3.63, 3.8) is 0 Å². The van der Waals surface area contributed by atoms with Crippen LogP contribution in [-0.2, 0) is 28.9 Å². The normalized spacial score (nSPS) is 9.63. The molecule has 10 nitrogen and oxygen atoms in total. The number of ketones is 1. The van der Waals surface area contributed by atoms with Gasteiger partial charge in [-0.05, 0) is 66.6 Å². The van der Waals surface area contributed by atoms with Gasteiger partial charge < -0.3 is 33.5 Å². The van der Waals surface area contributed by atoms with Crippen LogP contribution in [0.4, 0.5) is 0 Å². The Morgan fingerprint density at radius 2 is 0.944 bits per heavy atom. The van der Waals surface area contributed by atoms with E-state index in [2.05, 4.69) is 0 Å². The zero-order chi connectivity index (χ0) is 39.9. The number of Topliss-reactive ketones (excluding diaryl/α,β-unsaturated/α-hetero) is 1. The number of hydrogen-bond donors (Lipinski definition) is 1. The SMILES string of the molecule is COc1ccc(C(=O)Cc2ccccc2OC)c(OC)c1.COc1cccc(C)c1.COc1ccccc1CC(=O)Cl.COc1ccccc1CC(=O)O. The number of rotatable bonds is 13. The van der Waals surface area contributed by atoms with Gasteiger partial charge in [0, 0.05) is 29.2 Å². The van der Waals surface area contributed by atoms with Crippen LogP contribution in [0.3, 0.4) is 0 Å². The first-order valence-corrected chi connectivity index (χ1v) is 17.0. The summed E-state index contributed by atoms with van der Waals surface area (Å²) < 4.78 is 30.7. The van der Waals surface area contributed by atoms with Crippen LogP contribution in [0.15, 0.2) is 115 Å². The summed E-state index contributed by atoms with van der Waals surface area (Å²) in [6.45, 7) is 2.04. The van der Waals surface area contributed by atoms with Crippen LogP contribution >= 0.6 is 11.6 Å². The van der Waals surface area contributed by atoms with E-state index in [0.717, 1.165) is 16.9 Å². The maximum atomic E-state index is 12.5. The zero-order valence-corrected chi connectivity index (χ0v) is 32.3. The minimum absolute atomic E-state index is 0.00398. The first kappa shape index (κ1) is 44.2. The fourth-order valence-corrected chi connectivity index (χ4v) is 5.04. The number of carbonyl (C=O) groups is 3. The van der Waals surface area contributed by atoms with Crippen LogP contribution in [0.2, 0.25) is 0 Å². The predicted molar refractivity (Wildman–Crippen MR) is 210 cm³/mol. The van der Waals surface area contributed by atoms with Crippen molar-refractivity contribution in [3.05, 3.63) is 143 Å². The van der Waals surface area contributed by atoms with Crippen LogP contribution in [-0.4, -0.2) is 64.8 Å². The van der Waals surface area contributed by atoms with E-state index >= 15 is 0 Å². The lowest BCUT2D eigenvalue weighted by molar-refractivity contribution is -0.136. The molecule has 0 aliphatic rings. The minimum atomic E-state index is -0.848. The number of carboxylic acids is 1. The summed E-state index contributed by atoms with van der Waals surface area (Å²) in [4.78, 5) is 33.5. The largest absolute Gasteiger partial charge is 0.497 e. The van der Waals surface area contributed by atoms with E-state index in [1.165, 1.54) is 19.8 Å². The van der Waals surface area contributed by atoms with E-state index in [0.29, 0.717) is 39.9 Å². The molecule has 0 fully saturated rings. The van der Waals surface area contributed by atoms with Crippen LogP contribution in [0, 0.1) is 6.92 Å². The molecule has 5 aromatic rings. The minimum Gasteiger partial charge on any atom is -0.497 e. The van der Waals surface area contributed by atoms with E-state index in [4.69, 9.17) is 45.1 Å². The zero-order valence-electron chi connectivity index (χ0n) is 31.6. The molecule has 0 saturated heterocycles. The Balaban J connectivity index is 0.000000264. The summed E-state index contributed by atoms with van der Waals surface area (Å²) in [5.41, 5.74) is 4.13. The number of halogens is 1. The van der Waals surface area contributed by atoms with Gasteiger partial charge in [0.05, 0.1) is 61.1 Å². The molecule has 0 heterocycles. The second-order valence-corrected chi connectivity index (χ2v) is 11.6. The molecule has 0 spiro atoms. The Bertz CT molecular complexity index is 1870. The highest BCUT2D eigenvalue weighted by molar-refractivity contribution is 6.63. The van der Waals surface area contributed by atoms with Crippen molar-refractivity contribution in [1.29, 1.82) is 0 Å². The summed E-state index contributed by atoms with van der Waals surface area (Å²) in [7, 11) is 9.48. The Kier molecular flexibility index (Phi) is 19.9. The second kappa shape index (κ2) is 24.3. The molecule has 0 radical (unpaired) electrons. The molecule has 5 aromatic carbocycles. The van der Waals surface area contributed by atoms with Crippen LogP contribution in [0.5, 0.6) is 34.5 Å². The van der Waals surface area contributed by atoms with Gasteiger partial charge in [-0.2, -0.15) is 0 Å². The number of benzene rings is 5. The second-order valence-electron chi connectivity index (χ2n) is 11.2. The van der Waals surface area contributed by atoms with Crippen molar-refractivity contribution in [2.24, 2.45) is 0 Å². The molecule has 54 heavy (non-hydrogen) atoms. The molecule has 5 rings (SSSR count). The fourth-order valence-electron chi connectivity index (χ4n) is 4.90. The fraction of sp³-hybridized carbons (Fsp3) is 0.233. The van der Waals surface area contributed by atoms with Crippen molar-refractivity contribution in [1.82, 2.24) is 0 Å². The highest BCUT2D eigenvalue weighted by atomic mass is 35.5. The molecule has 0 aromatic heterocycles. The lowest BCUT2D eigenvalue weighted by atomic mass is 10.0. The van der Waals surface area contributed by atoms with Crippen molar-refractivity contribution >= 4 is 28.6 Å². The molecule has 0 aliphatic carbocycles. The van der Waals surface area contributed by atoms with E-state index in [1.807, 2.05) is 79.7 Å². The average Bonchev–Trinajstić information content (AvgIpc) is 3.18. The number of hydrogen-bond acceptors (Lipinski definition) is 9. The number of carboxylic acid groups (broad SMARTS) is 1. The van der Waals surface area contributed by atoms with Gasteiger partial charge in [0.2, 0.25) is 5.24 Å². The van der Waals surface area contributed by atoms with Gasteiger partial charge in [-0.3, -0.25) is 14.4 Å². The summed E-state index contributed by atoms with van der Waals surface area (Å²) in [5, 5.41) is 8.16. The average molecular weight is 759 g/mol. The van der Waals surface area contributed by atoms with Gasteiger partial charge in [0.25, 0.3) is 0 Å². The standard InChI is InChI=1S/C17H18O4.C9H9ClO2.C9H10O3.C8H10O/c1-19-13-8-9-14(17(11-13)21-3)15(18)10-12-6-4-5-7-16(12)20-2;2*1-12-8-5-3-2-4-7(8)6-9(10)11;1-7-4-3-5-8(6-7)9-2/h4-9,11H,10H2,1-3H3;2-5H,6H2,1H3;2-5H,6H2,1H3,(H,10,11);3-6H,1-2H3. The maximum absolute atomic E-state index is 12.5. The van der Waals surface area contributed by atoms with Gasteiger partial charge in [-0.25, -0.2) is 0 Å². The molecule has 0 bridgehead atoms. The van der Waals surface area contributed by atoms with Crippen molar-refractivity contribution < 1.29 is 47.9 Å². The number of ether oxygens (including phenoxy) is 6. The number of methoxy groups -OCH3 is 6. The number of para-hydroxylation sites is 3. The van der Waals surface area contributed by atoms with E-state index in [1.54, 1.807) is 70.9 Å². The van der Waals surface area contributed by atoms with Crippen LogP contribution < -0.4 is 28.4 Å². The summed E-state index contributed by atoms with van der Waals surface area (Å²) in [5.74, 6) is 3.24. The van der Waals surface area contributed by atoms with Gasteiger partial charge in [0.1, 0.15) is 34.5 Å². The molecule has 286 valence electrons. The maximum Gasteiger partial charge on any atom is 0.307 e. The molecule has 0 saturated carbocycles. The summed E-state index contributed by atoms with van der Waals surface area (Å²) in [6, 6.07) is 35.0. The van der Waals surface area contributed by atoms with E-state index < -0.39 is 5.97 Å². The Labute approximate surface area is 322 Å². The third-order valence-electron chi connectivity index (χ3n) is 7.53. The summed E-state index contributed by atoms with van der Waals surface area (Å²) >= 11 is 5.25. The van der Waals surface area contributed by atoms with Crippen LogP contribution in [0.25, 0.3) is 0 Å². The Morgan fingerprint density at radius 3 is 1.35 bits per heavy atom. The van der Waals surface area contributed by atoms with Gasteiger partial charge in [-0.1, -0.05) is 66.7 Å². The van der Waals surface area contributed by atoms with Gasteiger partial charge in [0.15, 0.2) is 5.78 Å². The Hall–Kier alpha value is -6.00. The Morgan fingerprint density at radius 1 is 0.500 bits per heavy atom. The lowest BCUT2D eigenvalue weighted by Crippen LogP contribution is -2.07. The smallest absolute Gasteiger partial charge is 0.307 e. The molecule has 0 aliphatic heterocycles. The highest BCUT2D eigenvalue weighted by Gasteiger charge is 2.16. The molecule has 1 N–H and O–H groups in total. The molecule has 0 atom stereocenters. The number of aryl methyl sites for hydroxylation is 1. The lowest BCUT2D eigenvalue weighted by Gasteiger charge is -2.11. The summed E-state index contributed by atoms with van der Waals surface area (Å²) in [6.07, 6.45) is 0.474. The quantitative estimate of drug-likeness (QED) is 0.0923. The monoisotopic (exact) mass is 758 g/mol. The molecule has 11 heteroatoms. The van der Waals surface area contributed by atoms with Gasteiger partial charge >= 0.3 is 5.97 Å². The predicted octanol–water partition coefficient (Wildman–Crippen LogP) is 8.47. The van der Waals surface area contributed by atoms with Crippen molar-refractivity contribution in [2.45, 2.75) is 26.2 Å². The molecular formula is C43H47ClO10. The van der Waals surface area contributed by atoms with Crippen LogP contribution in [0.1, 0.15) is 32.6 Å². The highest BCUT2D eigenvalue weighted by Crippen LogP contribution is 2.27. The molecule has 0 amide bonds. The molecular weight excluding hydrogens is 712 g/mol. The van der Waals surface area contributed by atoms with Gasteiger partial charge in [-0.15, -0.1) is 0 Å². The number of aliphatic carboxylic acids is 1. The number of carbonyl (C=O) groups excluding carboxylic acids is 2.